The highest BCUT2D eigenvalue weighted by atomic mass is 32.2. The van der Waals surface area contributed by atoms with Gasteiger partial charge in [-0.1, -0.05) is 13.8 Å². The van der Waals surface area contributed by atoms with E-state index in [2.05, 4.69) is 15.6 Å². The number of hydrogen-bond acceptors (Lipinski definition) is 7. The number of β-lactam (4-membered cyclic amide) rings is 1. The van der Waals surface area contributed by atoms with Gasteiger partial charge in [-0.2, -0.15) is 0 Å². The molecule has 2 aliphatic heterocycles. The van der Waals surface area contributed by atoms with E-state index in [1.165, 1.54) is 25.2 Å². The molecule has 1 aromatic heterocycles. The topological polar surface area (TPSA) is 126 Å². The smallest absolute Gasteiger partial charge is 0.248 e. The number of anilines is 1. The van der Waals surface area contributed by atoms with E-state index >= 15 is 0 Å². The highest BCUT2D eigenvalue weighted by Gasteiger charge is 2.67. The summed E-state index contributed by atoms with van der Waals surface area (Å²) < 4.78 is 23.9. The first-order valence-electron chi connectivity index (χ1n) is 9.02. The number of rotatable bonds is 6. The number of fused-ring (bicyclic) bond motifs is 1. The van der Waals surface area contributed by atoms with Crippen molar-refractivity contribution in [2.45, 2.75) is 62.7 Å². The molecule has 1 aromatic rings. The van der Waals surface area contributed by atoms with E-state index in [0.29, 0.717) is 11.6 Å². The minimum atomic E-state index is -3.68. The molecule has 0 bridgehead atoms. The Balaban J connectivity index is 1.81. The molecule has 154 valence electrons. The van der Waals surface area contributed by atoms with Gasteiger partial charge in [0.25, 0.3) is 0 Å². The molecule has 11 heteroatoms. The summed E-state index contributed by atoms with van der Waals surface area (Å²) in [5.41, 5.74) is 0. The van der Waals surface area contributed by atoms with Gasteiger partial charge in [-0.15, -0.1) is 11.3 Å². The Bertz CT molecular complexity index is 895. The van der Waals surface area contributed by atoms with Crippen LogP contribution in [0, 0.1) is 5.92 Å². The van der Waals surface area contributed by atoms with Crippen LogP contribution in [0.5, 0.6) is 0 Å². The number of amides is 3. The second-order valence-corrected chi connectivity index (χ2v) is 11.6. The lowest BCUT2D eigenvalue weighted by Gasteiger charge is -2.37. The van der Waals surface area contributed by atoms with E-state index in [-0.39, 0.29) is 18.2 Å². The molecule has 9 nitrogen and oxygen atoms in total. The number of aromatic nitrogens is 1. The maximum Gasteiger partial charge on any atom is 0.248 e. The van der Waals surface area contributed by atoms with Crippen molar-refractivity contribution in [2.24, 2.45) is 5.92 Å². The summed E-state index contributed by atoms with van der Waals surface area (Å²) in [6.45, 7) is 6.72. The van der Waals surface area contributed by atoms with Crippen molar-refractivity contribution < 1.29 is 22.8 Å². The van der Waals surface area contributed by atoms with Gasteiger partial charge in [0.1, 0.15) is 17.5 Å². The second-order valence-electron chi connectivity index (χ2n) is 8.03. The summed E-state index contributed by atoms with van der Waals surface area (Å²) in [4.78, 5) is 42.8. The summed E-state index contributed by atoms with van der Waals surface area (Å²) in [5, 5.41) is 6.49. The molecule has 3 heterocycles. The third-order valence-corrected chi connectivity index (χ3v) is 8.72. The first-order valence-corrected chi connectivity index (χ1v) is 11.4. The molecule has 0 aliphatic carbocycles. The fraction of sp³-hybridized carbons (Fsp3) is 0.647. The van der Waals surface area contributed by atoms with Crippen LogP contribution in [0.25, 0.3) is 0 Å². The van der Waals surface area contributed by atoms with Gasteiger partial charge < -0.3 is 15.5 Å². The predicted molar refractivity (Wildman–Crippen MR) is 104 cm³/mol. The van der Waals surface area contributed by atoms with Crippen molar-refractivity contribution in [1.29, 1.82) is 0 Å². The van der Waals surface area contributed by atoms with Gasteiger partial charge in [0.15, 0.2) is 15.0 Å². The Hall–Kier alpha value is -2.01. The van der Waals surface area contributed by atoms with E-state index < -0.39 is 43.9 Å². The normalized spacial score (nSPS) is 25.8. The van der Waals surface area contributed by atoms with Gasteiger partial charge in [-0.05, 0) is 26.2 Å². The average molecular weight is 429 g/mol. The monoisotopic (exact) mass is 428 g/mol. The molecule has 0 saturated carbocycles. The third kappa shape index (κ3) is 3.30. The van der Waals surface area contributed by atoms with Gasteiger partial charge >= 0.3 is 0 Å². The second kappa shape index (κ2) is 7.11. The van der Waals surface area contributed by atoms with Crippen LogP contribution < -0.4 is 10.6 Å². The SMILES string of the molecule is CC(C)CC(NC(=O)C1N2C(=O)CC2S(=O)(=O)C1(C)C)C(=O)Nc1nccs1. The molecule has 2 aliphatic rings. The van der Waals surface area contributed by atoms with E-state index in [1.807, 2.05) is 13.8 Å². The lowest BCUT2D eigenvalue weighted by atomic mass is 9.96. The van der Waals surface area contributed by atoms with E-state index in [4.69, 9.17) is 0 Å². The molecule has 28 heavy (non-hydrogen) atoms. The van der Waals surface area contributed by atoms with Crippen LogP contribution in [-0.2, 0) is 24.2 Å². The number of hydrogen-bond donors (Lipinski definition) is 2. The molecule has 0 aromatic carbocycles. The van der Waals surface area contributed by atoms with Crippen LogP contribution in [0.3, 0.4) is 0 Å². The van der Waals surface area contributed by atoms with Crippen molar-refractivity contribution in [3.63, 3.8) is 0 Å². The van der Waals surface area contributed by atoms with E-state index in [0.717, 1.165) is 4.90 Å². The van der Waals surface area contributed by atoms with Crippen LogP contribution >= 0.6 is 11.3 Å². The quantitative estimate of drug-likeness (QED) is 0.644. The van der Waals surface area contributed by atoms with Crippen LogP contribution in [0.2, 0.25) is 0 Å². The summed E-state index contributed by atoms with van der Waals surface area (Å²) in [6.07, 6.45) is 1.81. The van der Waals surface area contributed by atoms with Crippen molar-refractivity contribution in [2.75, 3.05) is 5.32 Å². The van der Waals surface area contributed by atoms with Gasteiger partial charge in [0.2, 0.25) is 17.7 Å². The molecule has 0 spiro atoms. The zero-order valence-corrected chi connectivity index (χ0v) is 17.8. The Morgan fingerprint density at radius 3 is 2.61 bits per heavy atom. The summed E-state index contributed by atoms with van der Waals surface area (Å²) in [6, 6.07) is -2.03. The molecule has 2 saturated heterocycles. The number of thiazole rings is 1. The lowest BCUT2D eigenvalue weighted by Crippen LogP contribution is -2.61. The number of carbonyl (C=O) groups excluding carboxylic acids is 3. The number of carbonyl (C=O) groups is 3. The predicted octanol–water partition coefficient (Wildman–Crippen LogP) is 0.747. The minimum absolute atomic E-state index is 0.102. The Morgan fingerprint density at radius 2 is 2.07 bits per heavy atom. The molecule has 3 atom stereocenters. The van der Waals surface area contributed by atoms with Crippen molar-refractivity contribution in [1.82, 2.24) is 15.2 Å². The molecule has 2 N–H and O–H groups in total. The highest BCUT2D eigenvalue weighted by molar-refractivity contribution is 7.93. The van der Waals surface area contributed by atoms with Crippen molar-refractivity contribution >= 4 is 44.0 Å². The molecule has 0 radical (unpaired) electrons. The fourth-order valence-corrected chi connectivity index (χ4v) is 6.35. The molecule has 2 fully saturated rings. The standard InChI is InChI=1S/C17H24N4O5S2/c1-9(2)7-10(14(23)20-16-18-5-6-27-16)19-15(24)13-17(3,4)28(25,26)12-8-11(22)21(12)13/h5-6,9-10,12-13H,7-8H2,1-4H3,(H,19,24)(H,18,20,23). The molecule has 3 unspecified atom stereocenters. The zero-order valence-electron chi connectivity index (χ0n) is 16.1. The van der Waals surface area contributed by atoms with Gasteiger partial charge in [-0.3, -0.25) is 14.4 Å². The first-order chi connectivity index (χ1) is 13.0. The fourth-order valence-electron chi connectivity index (χ4n) is 3.69. The Morgan fingerprint density at radius 1 is 1.39 bits per heavy atom. The molecular formula is C17H24N4O5S2. The number of nitrogens with one attached hydrogen (secondary N) is 2. The summed E-state index contributed by atoms with van der Waals surface area (Å²) >= 11 is 1.25. The molecule has 3 amide bonds. The first kappa shape index (κ1) is 20.7. The third-order valence-electron chi connectivity index (χ3n) is 5.23. The zero-order chi connectivity index (χ0) is 20.9. The van der Waals surface area contributed by atoms with Gasteiger partial charge in [-0.25, -0.2) is 13.4 Å². The van der Waals surface area contributed by atoms with Crippen molar-refractivity contribution in [3.8, 4) is 0 Å². The van der Waals surface area contributed by atoms with E-state index in [1.54, 1.807) is 11.6 Å². The van der Waals surface area contributed by atoms with Crippen molar-refractivity contribution in [3.05, 3.63) is 11.6 Å². The molecule has 3 rings (SSSR count). The average Bonchev–Trinajstić information content (AvgIpc) is 3.11. The summed E-state index contributed by atoms with van der Waals surface area (Å²) in [5.74, 6) is -1.33. The molecular weight excluding hydrogens is 404 g/mol. The lowest BCUT2D eigenvalue weighted by molar-refractivity contribution is -0.150. The van der Waals surface area contributed by atoms with Crippen LogP contribution in [-0.4, -0.2) is 58.2 Å². The van der Waals surface area contributed by atoms with Crippen LogP contribution in [0.1, 0.15) is 40.5 Å². The largest absolute Gasteiger partial charge is 0.342 e. The number of nitrogens with zero attached hydrogens (tertiary/aromatic N) is 2. The maximum atomic E-state index is 13.0. The van der Waals surface area contributed by atoms with Crippen LogP contribution in [0.15, 0.2) is 11.6 Å². The minimum Gasteiger partial charge on any atom is -0.342 e. The van der Waals surface area contributed by atoms with Gasteiger partial charge in [0.05, 0.1) is 11.2 Å². The summed E-state index contributed by atoms with van der Waals surface area (Å²) in [7, 11) is -3.68. The van der Waals surface area contributed by atoms with Crippen LogP contribution in [0.4, 0.5) is 5.13 Å². The van der Waals surface area contributed by atoms with E-state index in [9.17, 15) is 22.8 Å². The Labute approximate surface area is 167 Å². The van der Waals surface area contributed by atoms with Gasteiger partial charge in [0, 0.05) is 11.6 Å². The Kier molecular flexibility index (Phi) is 5.26. The highest BCUT2D eigenvalue weighted by Crippen LogP contribution is 2.45. The maximum absolute atomic E-state index is 13.0. The number of sulfone groups is 1.